The van der Waals surface area contributed by atoms with Gasteiger partial charge in [-0.25, -0.2) is 9.78 Å². The molecule has 3 aromatic rings. The van der Waals surface area contributed by atoms with Crippen LogP contribution in [0.5, 0.6) is 0 Å². The van der Waals surface area contributed by atoms with Crippen molar-refractivity contribution in [3.63, 3.8) is 0 Å². The summed E-state index contributed by atoms with van der Waals surface area (Å²) in [7, 11) is 1.39. The molecule has 1 aliphatic carbocycles. The van der Waals surface area contributed by atoms with Crippen LogP contribution < -0.4 is 21.3 Å². The summed E-state index contributed by atoms with van der Waals surface area (Å²) in [5.41, 5.74) is -1.05. The van der Waals surface area contributed by atoms with Gasteiger partial charge in [-0.3, -0.25) is 19.1 Å². The van der Waals surface area contributed by atoms with E-state index in [-0.39, 0.29) is 69.9 Å². The summed E-state index contributed by atoms with van der Waals surface area (Å²) in [6, 6.07) is 3.57. The van der Waals surface area contributed by atoms with Gasteiger partial charge >= 0.3 is 12.2 Å². The number of ether oxygens (including phenoxy) is 1. The number of anilines is 1. The van der Waals surface area contributed by atoms with Gasteiger partial charge in [-0.2, -0.15) is 18.3 Å². The van der Waals surface area contributed by atoms with Gasteiger partial charge in [0.25, 0.3) is 18.3 Å². The normalized spacial score (nSPS) is 22.8. The number of alkyl halides is 3. The molecule has 4 N–H and O–H groups in total. The van der Waals surface area contributed by atoms with Gasteiger partial charge < -0.3 is 35.5 Å². The van der Waals surface area contributed by atoms with Gasteiger partial charge in [0.1, 0.15) is 12.6 Å². The second-order valence-electron chi connectivity index (χ2n) is 11.7. The minimum Gasteiger partial charge on any atom is -0.461 e. The Morgan fingerprint density at radius 2 is 1.94 bits per heavy atom. The first kappa shape index (κ1) is 32.8. The smallest absolute Gasteiger partial charge is 0.435 e. The highest BCUT2D eigenvalue weighted by Crippen LogP contribution is 2.45. The van der Waals surface area contributed by atoms with Crippen molar-refractivity contribution >= 4 is 41.6 Å². The minimum absolute atomic E-state index is 0.00154. The molecule has 5 atom stereocenters. The maximum absolute atomic E-state index is 13.7. The highest BCUT2D eigenvalue weighted by molar-refractivity contribution is 6.34. The summed E-state index contributed by atoms with van der Waals surface area (Å²) >= 11 is 6.40. The van der Waals surface area contributed by atoms with Crippen molar-refractivity contribution in [3.05, 3.63) is 52.7 Å². The number of amides is 4. The molecule has 2 saturated heterocycles. The first-order chi connectivity index (χ1) is 22.9. The minimum atomic E-state index is -4.77. The van der Waals surface area contributed by atoms with Gasteiger partial charge in [0.05, 0.1) is 34.1 Å². The summed E-state index contributed by atoms with van der Waals surface area (Å²) in [6.45, 7) is 2.05. The third kappa shape index (κ3) is 6.40. The number of nitrogens with zero attached hydrogens (tertiary/aromatic N) is 5. The molecule has 0 bridgehead atoms. The number of hydrogen-bond acceptors (Lipinski definition) is 8. The van der Waals surface area contributed by atoms with Crippen LogP contribution in [0, 0.1) is 24.2 Å². The SMILES string of the molecule is C#CCn1cc(-c2cnc(C(=O)Nc3ccc(C(=O)NC4[C@H]5CN(C(=O)N[C@@H]6CNC[C@H]6OC=O)C[C@@H]45)c(Cl)c3)n2C)c(C(F)(F)F)n1. The number of nitrogens with one attached hydrogen (secondary N) is 4. The molecular weight excluding hydrogens is 659 g/mol. The number of carbonyl (C=O) groups excluding carboxylic acids is 4. The van der Waals surface area contributed by atoms with E-state index in [1.54, 1.807) is 4.90 Å². The lowest BCUT2D eigenvalue weighted by atomic mass is 10.2. The number of benzene rings is 1. The molecule has 1 unspecified atom stereocenters. The molecule has 252 valence electrons. The van der Waals surface area contributed by atoms with Crippen LogP contribution in [0.15, 0.2) is 30.6 Å². The monoisotopic (exact) mass is 687 g/mol. The zero-order valence-electron chi connectivity index (χ0n) is 25.3. The third-order valence-corrected chi connectivity index (χ3v) is 9.01. The lowest BCUT2D eigenvalue weighted by Crippen LogP contribution is -2.50. The summed E-state index contributed by atoms with van der Waals surface area (Å²) in [5, 5.41) is 15.1. The van der Waals surface area contributed by atoms with Crippen molar-refractivity contribution in [2.24, 2.45) is 18.9 Å². The number of carbonyl (C=O) groups is 4. The van der Waals surface area contributed by atoms with Gasteiger partial charge in [0.2, 0.25) is 0 Å². The molecule has 18 heteroatoms. The van der Waals surface area contributed by atoms with Gasteiger partial charge in [-0.1, -0.05) is 17.5 Å². The first-order valence-electron chi connectivity index (χ1n) is 14.8. The number of rotatable bonds is 9. The van der Waals surface area contributed by atoms with Crippen LogP contribution in [0.25, 0.3) is 11.3 Å². The maximum Gasteiger partial charge on any atom is 0.435 e. The van der Waals surface area contributed by atoms with Crippen LogP contribution in [0.1, 0.15) is 26.7 Å². The summed E-state index contributed by atoms with van der Waals surface area (Å²) < 4.78 is 48.2. The fraction of sp³-hybridized carbons (Fsp3) is 0.400. The molecular formula is C30H29ClF3N9O5. The Hall–Kier alpha value is -5.08. The Labute approximate surface area is 276 Å². The number of aromatic nitrogens is 4. The predicted octanol–water partition coefficient (Wildman–Crippen LogP) is 1.72. The van der Waals surface area contributed by atoms with E-state index < -0.39 is 29.8 Å². The Morgan fingerprint density at radius 3 is 2.60 bits per heavy atom. The van der Waals surface area contributed by atoms with Gasteiger partial charge in [-0.15, -0.1) is 6.42 Å². The fourth-order valence-electron chi connectivity index (χ4n) is 6.23. The van der Waals surface area contributed by atoms with Crippen LogP contribution in [-0.4, -0.2) is 92.9 Å². The highest BCUT2D eigenvalue weighted by Gasteiger charge is 2.57. The summed E-state index contributed by atoms with van der Waals surface area (Å²) in [6.07, 6.45) is 2.29. The topological polar surface area (TPSA) is 165 Å². The number of piperidine rings is 1. The highest BCUT2D eigenvalue weighted by atomic mass is 35.5. The van der Waals surface area contributed by atoms with E-state index >= 15 is 0 Å². The number of hydrogen-bond donors (Lipinski definition) is 4. The molecule has 1 saturated carbocycles. The number of urea groups is 1. The van der Waals surface area contributed by atoms with E-state index in [1.165, 1.54) is 29.8 Å². The van der Waals surface area contributed by atoms with Gasteiger partial charge in [0.15, 0.2) is 11.5 Å². The van der Waals surface area contributed by atoms with E-state index in [4.69, 9.17) is 22.8 Å². The molecule has 0 radical (unpaired) electrons. The van der Waals surface area contributed by atoms with Crippen LogP contribution in [-0.2, 0) is 29.3 Å². The first-order valence-corrected chi connectivity index (χ1v) is 15.1. The molecule has 14 nitrogen and oxygen atoms in total. The van der Waals surface area contributed by atoms with Crippen molar-refractivity contribution in [2.45, 2.75) is 30.9 Å². The Morgan fingerprint density at radius 1 is 1.19 bits per heavy atom. The average molecular weight is 688 g/mol. The van der Waals surface area contributed by atoms with Crippen molar-refractivity contribution in [3.8, 4) is 23.6 Å². The van der Waals surface area contributed by atoms with Crippen molar-refractivity contribution < 1.29 is 37.1 Å². The molecule has 4 heterocycles. The van der Waals surface area contributed by atoms with Crippen molar-refractivity contribution in [1.29, 1.82) is 0 Å². The number of likely N-dealkylation sites (tertiary alicyclic amines) is 1. The second kappa shape index (κ2) is 12.8. The van der Waals surface area contributed by atoms with Gasteiger partial charge in [-0.05, 0) is 18.2 Å². The largest absolute Gasteiger partial charge is 0.461 e. The van der Waals surface area contributed by atoms with Crippen molar-refractivity contribution in [1.82, 2.24) is 40.2 Å². The lowest BCUT2D eigenvalue weighted by Gasteiger charge is -2.25. The maximum atomic E-state index is 13.7. The molecule has 3 aliphatic rings. The number of halogens is 4. The molecule has 3 fully saturated rings. The zero-order chi connectivity index (χ0) is 34.3. The number of imidazole rings is 1. The number of terminal acetylenes is 1. The second-order valence-corrected chi connectivity index (χ2v) is 12.1. The standard InChI is InChI=1S/C30H29ClF3N9O5/c1-3-6-43-13-19(25(40-43)30(32,33)34)22-9-36-26(41(22)2)28(46)37-15-4-5-16(20(31)7-15)27(45)39-24-17-11-42(12-18(17)24)29(47)38-21-8-35-10-23(21)48-14-44/h1,4-5,7,9,13-14,17-18,21,23-24,35H,6,8,10-12H2,2H3,(H,37,46)(H,38,47)(H,39,45)/t17-,18+,21-,23-,24?/m1/s1. The molecule has 2 aliphatic heterocycles. The zero-order valence-corrected chi connectivity index (χ0v) is 26.0. The Kier molecular flexibility index (Phi) is 8.79. The summed E-state index contributed by atoms with van der Waals surface area (Å²) in [4.78, 5) is 55.2. The van der Waals surface area contributed by atoms with Crippen LogP contribution in [0.4, 0.5) is 23.7 Å². The number of fused-ring (bicyclic) bond motifs is 1. The lowest BCUT2D eigenvalue weighted by molar-refractivity contribution is -0.141. The third-order valence-electron chi connectivity index (χ3n) is 8.70. The van der Waals surface area contributed by atoms with Gasteiger partial charge in [0, 0.05) is 63.0 Å². The Bertz CT molecular complexity index is 1810. The van der Waals surface area contributed by atoms with Crippen molar-refractivity contribution in [2.75, 3.05) is 31.5 Å². The quantitative estimate of drug-likeness (QED) is 0.195. The Balaban J connectivity index is 1.04. The van der Waals surface area contributed by atoms with E-state index in [1.807, 2.05) is 0 Å². The molecule has 2 aromatic heterocycles. The molecule has 4 amide bonds. The fourth-order valence-corrected chi connectivity index (χ4v) is 6.49. The molecule has 48 heavy (non-hydrogen) atoms. The average Bonchev–Trinajstić information content (AvgIpc) is 3.60. The van der Waals surface area contributed by atoms with E-state index in [0.717, 1.165) is 17.1 Å². The van der Waals surface area contributed by atoms with Crippen LogP contribution in [0.3, 0.4) is 0 Å². The van der Waals surface area contributed by atoms with Crippen LogP contribution in [0.2, 0.25) is 5.02 Å². The molecule has 6 rings (SSSR count). The predicted molar refractivity (Wildman–Crippen MR) is 164 cm³/mol. The van der Waals surface area contributed by atoms with E-state index in [0.29, 0.717) is 32.7 Å². The van der Waals surface area contributed by atoms with E-state index in [2.05, 4.69) is 37.3 Å². The van der Waals surface area contributed by atoms with E-state index in [9.17, 15) is 32.3 Å². The molecule has 0 spiro atoms. The summed E-state index contributed by atoms with van der Waals surface area (Å²) in [5.74, 6) is 1.08. The molecule has 1 aromatic carbocycles. The van der Waals surface area contributed by atoms with Crippen LogP contribution >= 0.6 is 11.6 Å².